The van der Waals surface area contributed by atoms with Crippen molar-refractivity contribution < 1.29 is 8.42 Å². The summed E-state index contributed by atoms with van der Waals surface area (Å²) in [5.41, 5.74) is 1.98. The predicted octanol–water partition coefficient (Wildman–Crippen LogP) is 0.295. The Bertz CT molecular complexity index is 636. The Kier molecular flexibility index (Phi) is 3.39. The fourth-order valence-electron chi connectivity index (χ4n) is 1.38. The van der Waals surface area contributed by atoms with E-state index in [9.17, 15) is 8.42 Å². The van der Waals surface area contributed by atoms with Crippen LogP contribution in [0.1, 0.15) is 17.0 Å². The van der Waals surface area contributed by atoms with Crippen molar-refractivity contribution >= 4 is 10.0 Å². The second kappa shape index (κ2) is 4.83. The molecule has 1 heterocycles. The maximum absolute atomic E-state index is 12.0. The van der Waals surface area contributed by atoms with Crippen molar-refractivity contribution in [1.82, 2.24) is 25.3 Å². The summed E-state index contributed by atoms with van der Waals surface area (Å²) in [6, 6.07) is 4.98. The molecule has 0 atom stereocenters. The van der Waals surface area contributed by atoms with Gasteiger partial charge >= 0.3 is 0 Å². The zero-order valence-corrected chi connectivity index (χ0v) is 10.8. The minimum absolute atomic E-state index is 0.00571. The van der Waals surface area contributed by atoms with E-state index in [4.69, 9.17) is 0 Å². The van der Waals surface area contributed by atoms with Gasteiger partial charge in [0, 0.05) is 0 Å². The molecule has 0 aliphatic carbocycles. The fourth-order valence-corrected chi connectivity index (χ4v) is 2.45. The highest BCUT2D eigenvalue weighted by atomic mass is 32.2. The van der Waals surface area contributed by atoms with Gasteiger partial charge in [-0.25, -0.2) is 13.1 Å². The van der Waals surface area contributed by atoms with Crippen LogP contribution in [0.15, 0.2) is 23.1 Å². The van der Waals surface area contributed by atoms with E-state index in [0.29, 0.717) is 5.82 Å². The van der Waals surface area contributed by atoms with Crippen LogP contribution in [0.5, 0.6) is 0 Å². The van der Waals surface area contributed by atoms with Crippen LogP contribution in [0, 0.1) is 13.8 Å². The third kappa shape index (κ3) is 2.71. The van der Waals surface area contributed by atoms with Crippen LogP contribution in [0.4, 0.5) is 0 Å². The normalized spacial score (nSPS) is 11.7. The van der Waals surface area contributed by atoms with Crippen molar-refractivity contribution in [3.8, 4) is 0 Å². The van der Waals surface area contributed by atoms with Gasteiger partial charge in [0.05, 0.1) is 11.4 Å². The van der Waals surface area contributed by atoms with Gasteiger partial charge < -0.3 is 0 Å². The van der Waals surface area contributed by atoms with Crippen molar-refractivity contribution in [1.29, 1.82) is 0 Å². The molecule has 1 aromatic heterocycles. The molecule has 0 amide bonds. The summed E-state index contributed by atoms with van der Waals surface area (Å²) in [4.78, 5) is 0.231. The third-order valence-electron chi connectivity index (χ3n) is 2.60. The zero-order chi connectivity index (χ0) is 13.2. The van der Waals surface area contributed by atoms with Crippen LogP contribution < -0.4 is 4.72 Å². The number of aryl methyl sites for hydroxylation is 2. The van der Waals surface area contributed by atoms with Gasteiger partial charge in [-0.1, -0.05) is 11.3 Å². The Labute approximate surface area is 105 Å². The molecular weight excluding hydrogens is 254 g/mol. The molecular formula is C10H13N5O2S. The number of aromatic amines is 1. The molecule has 7 nitrogen and oxygen atoms in total. The second-order valence-corrected chi connectivity index (χ2v) is 5.67. The molecule has 96 valence electrons. The summed E-state index contributed by atoms with van der Waals surface area (Å²) in [7, 11) is -3.55. The molecule has 0 fully saturated rings. The molecule has 0 bridgehead atoms. The summed E-state index contributed by atoms with van der Waals surface area (Å²) in [6.45, 7) is 3.80. The van der Waals surface area contributed by atoms with Crippen molar-refractivity contribution in [3.63, 3.8) is 0 Å². The molecule has 1 aromatic carbocycles. The maximum Gasteiger partial charge on any atom is 0.240 e. The molecule has 8 heteroatoms. The topological polar surface area (TPSA) is 101 Å². The number of benzene rings is 1. The van der Waals surface area contributed by atoms with E-state index >= 15 is 0 Å². The summed E-state index contributed by atoms with van der Waals surface area (Å²) >= 11 is 0. The molecule has 0 saturated heterocycles. The first-order valence-corrected chi connectivity index (χ1v) is 6.76. The van der Waals surface area contributed by atoms with E-state index < -0.39 is 10.0 Å². The van der Waals surface area contributed by atoms with Crippen molar-refractivity contribution in [3.05, 3.63) is 35.2 Å². The van der Waals surface area contributed by atoms with Gasteiger partial charge in [0.15, 0.2) is 5.82 Å². The highest BCUT2D eigenvalue weighted by Gasteiger charge is 2.15. The Balaban J connectivity index is 2.17. The average Bonchev–Trinajstić information content (AvgIpc) is 2.83. The SMILES string of the molecule is Cc1ccc(S(=O)(=O)NCc2nn[nH]n2)cc1C. The fraction of sp³-hybridized carbons (Fsp3) is 0.300. The van der Waals surface area contributed by atoms with E-state index in [1.165, 1.54) is 0 Å². The standard InChI is InChI=1S/C10H13N5O2S/c1-7-3-4-9(5-8(7)2)18(16,17)11-6-10-12-14-15-13-10/h3-5,11H,6H2,1-2H3,(H,12,13,14,15). The van der Waals surface area contributed by atoms with Crippen LogP contribution in [0.2, 0.25) is 0 Å². The number of hydrogen-bond donors (Lipinski definition) is 2. The van der Waals surface area contributed by atoms with Crippen molar-refractivity contribution in [2.24, 2.45) is 0 Å². The van der Waals surface area contributed by atoms with Crippen LogP contribution in [0.25, 0.3) is 0 Å². The van der Waals surface area contributed by atoms with E-state index in [1.54, 1.807) is 18.2 Å². The van der Waals surface area contributed by atoms with Crippen molar-refractivity contribution in [2.75, 3.05) is 0 Å². The molecule has 0 saturated carbocycles. The zero-order valence-electron chi connectivity index (χ0n) is 10.0. The third-order valence-corrected chi connectivity index (χ3v) is 4.00. The van der Waals surface area contributed by atoms with Gasteiger partial charge in [-0.2, -0.15) is 5.21 Å². The van der Waals surface area contributed by atoms with E-state index in [1.807, 2.05) is 13.8 Å². The number of tetrazole rings is 1. The van der Waals surface area contributed by atoms with Gasteiger partial charge in [-0.05, 0) is 37.1 Å². The lowest BCUT2D eigenvalue weighted by molar-refractivity contribution is 0.579. The van der Waals surface area contributed by atoms with Crippen molar-refractivity contribution in [2.45, 2.75) is 25.3 Å². The minimum Gasteiger partial charge on any atom is -0.207 e. The first-order valence-electron chi connectivity index (χ1n) is 5.28. The van der Waals surface area contributed by atoms with E-state index in [0.717, 1.165) is 11.1 Å². The lowest BCUT2D eigenvalue weighted by Gasteiger charge is -2.07. The van der Waals surface area contributed by atoms with Gasteiger partial charge in [0.25, 0.3) is 0 Å². The number of rotatable bonds is 4. The molecule has 2 N–H and O–H groups in total. The number of sulfonamides is 1. The smallest absolute Gasteiger partial charge is 0.207 e. The van der Waals surface area contributed by atoms with Crippen LogP contribution >= 0.6 is 0 Å². The molecule has 0 radical (unpaired) electrons. The molecule has 0 spiro atoms. The lowest BCUT2D eigenvalue weighted by atomic mass is 10.1. The maximum atomic E-state index is 12.0. The summed E-state index contributed by atoms with van der Waals surface area (Å²) < 4.78 is 26.4. The summed E-state index contributed by atoms with van der Waals surface area (Å²) in [5.74, 6) is 0.294. The molecule has 0 aliphatic rings. The summed E-state index contributed by atoms with van der Waals surface area (Å²) in [6.07, 6.45) is 0. The molecule has 18 heavy (non-hydrogen) atoms. The van der Waals surface area contributed by atoms with Crippen LogP contribution in [-0.2, 0) is 16.6 Å². The van der Waals surface area contributed by atoms with Gasteiger partial charge in [0.1, 0.15) is 0 Å². The number of nitrogens with zero attached hydrogens (tertiary/aromatic N) is 3. The highest BCUT2D eigenvalue weighted by molar-refractivity contribution is 7.89. The first-order chi connectivity index (χ1) is 8.49. The quantitative estimate of drug-likeness (QED) is 0.829. The molecule has 2 rings (SSSR count). The number of H-pyrrole nitrogens is 1. The van der Waals surface area contributed by atoms with Gasteiger partial charge in [-0.15, -0.1) is 10.2 Å². The molecule has 2 aromatic rings. The second-order valence-electron chi connectivity index (χ2n) is 3.90. The average molecular weight is 267 g/mol. The first kappa shape index (κ1) is 12.7. The number of nitrogens with one attached hydrogen (secondary N) is 2. The molecule has 0 aliphatic heterocycles. The Hall–Kier alpha value is -1.80. The largest absolute Gasteiger partial charge is 0.240 e. The number of hydrogen-bond acceptors (Lipinski definition) is 5. The lowest BCUT2D eigenvalue weighted by Crippen LogP contribution is -2.24. The molecule has 0 unspecified atom stereocenters. The predicted molar refractivity (Wildman–Crippen MR) is 64.1 cm³/mol. The van der Waals surface area contributed by atoms with E-state index in [-0.39, 0.29) is 11.4 Å². The van der Waals surface area contributed by atoms with Crippen LogP contribution in [-0.4, -0.2) is 29.0 Å². The van der Waals surface area contributed by atoms with Gasteiger partial charge in [0.2, 0.25) is 10.0 Å². The monoisotopic (exact) mass is 267 g/mol. The Morgan fingerprint density at radius 2 is 2.06 bits per heavy atom. The Morgan fingerprint density at radius 1 is 1.28 bits per heavy atom. The van der Waals surface area contributed by atoms with Crippen LogP contribution in [0.3, 0.4) is 0 Å². The van der Waals surface area contributed by atoms with Gasteiger partial charge in [-0.3, -0.25) is 0 Å². The number of aromatic nitrogens is 4. The Morgan fingerprint density at radius 3 is 2.67 bits per heavy atom. The minimum atomic E-state index is -3.55. The highest BCUT2D eigenvalue weighted by Crippen LogP contribution is 2.14. The van der Waals surface area contributed by atoms with E-state index in [2.05, 4.69) is 25.3 Å². The summed E-state index contributed by atoms with van der Waals surface area (Å²) in [5, 5.41) is 12.9.